The predicted molar refractivity (Wildman–Crippen MR) is 107 cm³/mol. The van der Waals surface area contributed by atoms with Crippen LogP contribution in [0.4, 0.5) is 0 Å². The molecule has 0 spiro atoms. The number of carbonyl (C=O) groups is 1. The van der Waals surface area contributed by atoms with E-state index in [9.17, 15) is 4.79 Å². The van der Waals surface area contributed by atoms with Crippen molar-refractivity contribution in [1.82, 2.24) is 15.3 Å². The van der Waals surface area contributed by atoms with Gasteiger partial charge in [-0.05, 0) is 37.8 Å². The van der Waals surface area contributed by atoms with E-state index in [4.69, 9.17) is 24.2 Å². The molecule has 1 aliphatic carbocycles. The van der Waals surface area contributed by atoms with E-state index in [2.05, 4.69) is 15.3 Å². The zero-order chi connectivity index (χ0) is 21.5. The van der Waals surface area contributed by atoms with Crippen molar-refractivity contribution < 1.29 is 23.7 Å². The van der Waals surface area contributed by atoms with Gasteiger partial charge >= 0.3 is 0 Å². The Morgan fingerprint density at radius 3 is 2.37 bits per heavy atom. The molecule has 158 valence electrons. The second-order valence-electron chi connectivity index (χ2n) is 6.77. The summed E-state index contributed by atoms with van der Waals surface area (Å²) in [6, 6.07) is 5.32. The molecule has 30 heavy (non-hydrogen) atoms. The van der Waals surface area contributed by atoms with Crippen molar-refractivity contribution in [3.05, 3.63) is 35.8 Å². The maximum atomic E-state index is 12.8. The van der Waals surface area contributed by atoms with Crippen molar-refractivity contribution >= 4 is 5.91 Å². The Kier molecular flexibility index (Phi) is 6.91. The lowest BCUT2D eigenvalue weighted by Crippen LogP contribution is -2.40. The van der Waals surface area contributed by atoms with Gasteiger partial charge in [0.05, 0.1) is 26.9 Å². The first-order valence-electron chi connectivity index (χ1n) is 9.58. The van der Waals surface area contributed by atoms with E-state index in [0.717, 1.165) is 25.7 Å². The number of hydrogen-bond acceptors (Lipinski definition) is 8. The Morgan fingerprint density at radius 1 is 1.03 bits per heavy atom. The van der Waals surface area contributed by atoms with E-state index in [1.807, 2.05) is 6.07 Å². The normalized spacial score (nSPS) is 18.1. The molecule has 0 saturated heterocycles. The number of rotatable bonds is 7. The minimum atomic E-state index is -0.238. The number of amides is 1. The summed E-state index contributed by atoms with van der Waals surface area (Å²) in [7, 11) is 4.51. The van der Waals surface area contributed by atoms with Crippen molar-refractivity contribution in [2.75, 3.05) is 21.3 Å². The predicted octanol–water partition coefficient (Wildman–Crippen LogP) is 2.49. The molecule has 1 aliphatic rings. The third kappa shape index (κ3) is 4.54. The minimum absolute atomic E-state index is 0.00690. The highest BCUT2D eigenvalue weighted by Crippen LogP contribution is 2.39. The molecule has 3 rings (SSSR count). The molecule has 1 aromatic carbocycles. The molecule has 0 unspecified atom stereocenters. The van der Waals surface area contributed by atoms with Crippen molar-refractivity contribution in [2.45, 2.75) is 37.8 Å². The summed E-state index contributed by atoms with van der Waals surface area (Å²) < 4.78 is 21.9. The number of ether oxygens (including phenoxy) is 4. The summed E-state index contributed by atoms with van der Waals surface area (Å²) >= 11 is 0. The van der Waals surface area contributed by atoms with Crippen molar-refractivity contribution in [3.8, 4) is 29.2 Å². The van der Waals surface area contributed by atoms with E-state index >= 15 is 0 Å². The molecule has 1 saturated carbocycles. The van der Waals surface area contributed by atoms with Gasteiger partial charge in [-0.25, -0.2) is 9.97 Å². The van der Waals surface area contributed by atoms with Crippen LogP contribution in [0.25, 0.3) is 0 Å². The largest absolute Gasteiger partial charge is 0.493 e. The van der Waals surface area contributed by atoms with Crippen LogP contribution in [0.2, 0.25) is 0 Å². The molecule has 9 heteroatoms. The summed E-state index contributed by atoms with van der Waals surface area (Å²) in [5.74, 6) is 1.21. The molecule has 2 aromatic rings. The Morgan fingerprint density at radius 2 is 1.73 bits per heavy atom. The molecule has 0 atom stereocenters. The SMILES string of the molecule is COc1ccc(C(=O)NC2CCC(Oc3nccnc3C#N)CC2)c(OC)c1OC. The molecule has 0 aliphatic heterocycles. The van der Waals surface area contributed by atoms with Gasteiger partial charge in [0.2, 0.25) is 11.4 Å². The fraction of sp³-hybridized carbons (Fsp3) is 0.429. The zero-order valence-corrected chi connectivity index (χ0v) is 17.2. The molecule has 9 nitrogen and oxygen atoms in total. The molecule has 1 amide bonds. The third-order valence-corrected chi connectivity index (χ3v) is 5.01. The van der Waals surface area contributed by atoms with E-state index < -0.39 is 0 Å². The lowest BCUT2D eigenvalue weighted by Gasteiger charge is -2.29. The molecular formula is C21H24N4O5. The topological polar surface area (TPSA) is 116 Å². The second kappa shape index (κ2) is 9.78. The molecule has 1 N–H and O–H groups in total. The monoisotopic (exact) mass is 412 g/mol. The quantitative estimate of drug-likeness (QED) is 0.737. The lowest BCUT2D eigenvalue weighted by atomic mass is 9.92. The Labute approximate surface area is 174 Å². The first-order valence-corrected chi connectivity index (χ1v) is 9.58. The van der Waals surface area contributed by atoms with Crippen LogP contribution in [0, 0.1) is 11.3 Å². The van der Waals surface area contributed by atoms with Gasteiger partial charge in [-0.15, -0.1) is 0 Å². The minimum Gasteiger partial charge on any atom is -0.493 e. The average molecular weight is 412 g/mol. The smallest absolute Gasteiger partial charge is 0.255 e. The Bertz CT molecular complexity index is 935. The maximum absolute atomic E-state index is 12.8. The highest BCUT2D eigenvalue weighted by atomic mass is 16.5. The number of nitrogens with one attached hydrogen (secondary N) is 1. The van der Waals surface area contributed by atoms with Gasteiger partial charge < -0.3 is 24.3 Å². The molecule has 0 bridgehead atoms. The van der Waals surface area contributed by atoms with Crippen LogP contribution in [0.15, 0.2) is 24.5 Å². The number of hydrogen-bond donors (Lipinski definition) is 1. The van der Waals surface area contributed by atoms with Crippen LogP contribution in [0.5, 0.6) is 23.1 Å². The molecule has 1 heterocycles. The van der Waals surface area contributed by atoms with Gasteiger partial charge in [0.25, 0.3) is 11.8 Å². The van der Waals surface area contributed by atoms with Crippen LogP contribution in [-0.2, 0) is 0 Å². The Hall–Kier alpha value is -3.54. The molecule has 0 radical (unpaired) electrons. The highest BCUT2D eigenvalue weighted by Gasteiger charge is 2.27. The van der Waals surface area contributed by atoms with Crippen molar-refractivity contribution in [2.24, 2.45) is 0 Å². The summed E-state index contributed by atoms with van der Waals surface area (Å²) in [6.45, 7) is 0. The zero-order valence-electron chi connectivity index (χ0n) is 17.2. The van der Waals surface area contributed by atoms with Gasteiger partial charge in [-0.3, -0.25) is 4.79 Å². The van der Waals surface area contributed by atoms with Gasteiger partial charge in [-0.1, -0.05) is 0 Å². The van der Waals surface area contributed by atoms with E-state index in [-0.39, 0.29) is 29.6 Å². The summed E-state index contributed by atoms with van der Waals surface area (Å²) in [5.41, 5.74) is 0.556. The molecule has 1 fully saturated rings. The number of carbonyl (C=O) groups excluding carboxylic acids is 1. The average Bonchev–Trinajstić information content (AvgIpc) is 2.79. The summed E-state index contributed by atoms with van der Waals surface area (Å²) in [6.07, 6.45) is 5.84. The van der Waals surface area contributed by atoms with Crippen LogP contribution in [-0.4, -0.2) is 49.4 Å². The Balaban J connectivity index is 1.61. The van der Waals surface area contributed by atoms with Crippen LogP contribution >= 0.6 is 0 Å². The second-order valence-corrected chi connectivity index (χ2v) is 6.77. The third-order valence-electron chi connectivity index (χ3n) is 5.01. The van der Waals surface area contributed by atoms with Crippen molar-refractivity contribution in [1.29, 1.82) is 5.26 Å². The molecule has 1 aromatic heterocycles. The van der Waals surface area contributed by atoms with Crippen LogP contribution in [0.3, 0.4) is 0 Å². The van der Waals surface area contributed by atoms with Crippen LogP contribution in [0.1, 0.15) is 41.7 Å². The summed E-state index contributed by atoms with van der Waals surface area (Å²) in [5, 5.41) is 12.2. The standard InChI is InChI=1S/C21H24N4O5/c1-27-17-9-8-15(18(28-2)19(17)29-3)20(26)25-13-4-6-14(7-5-13)30-21-16(12-22)23-10-11-24-21/h8-11,13-14H,4-7H2,1-3H3,(H,25,26). The van der Waals surface area contributed by atoms with E-state index in [1.165, 1.54) is 33.7 Å². The maximum Gasteiger partial charge on any atom is 0.255 e. The van der Waals surface area contributed by atoms with Gasteiger partial charge in [-0.2, -0.15) is 5.26 Å². The molecular weight excluding hydrogens is 388 g/mol. The van der Waals surface area contributed by atoms with E-state index in [1.54, 1.807) is 12.1 Å². The van der Waals surface area contributed by atoms with Gasteiger partial charge in [0.1, 0.15) is 12.2 Å². The van der Waals surface area contributed by atoms with Crippen molar-refractivity contribution in [3.63, 3.8) is 0 Å². The number of aromatic nitrogens is 2. The first-order chi connectivity index (χ1) is 14.6. The van der Waals surface area contributed by atoms with Gasteiger partial charge in [0, 0.05) is 18.4 Å². The highest BCUT2D eigenvalue weighted by molar-refractivity contribution is 5.98. The first kappa shape index (κ1) is 21.2. The number of nitriles is 1. The number of benzene rings is 1. The summed E-state index contributed by atoms with van der Waals surface area (Å²) in [4.78, 5) is 20.9. The lowest BCUT2D eigenvalue weighted by molar-refractivity contribution is 0.0886. The fourth-order valence-corrected chi connectivity index (χ4v) is 3.51. The fourth-order valence-electron chi connectivity index (χ4n) is 3.51. The van der Waals surface area contributed by atoms with Crippen LogP contribution < -0.4 is 24.3 Å². The van der Waals surface area contributed by atoms with Gasteiger partial charge in [0.15, 0.2) is 11.5 Å². The number of methoxy groups -OCH3 is 3. The number of nitrogens with zero attached hydrogens (tertiary/aromatic N) is 3. The van der Waals surface area contributed by atoms with E-state index in [0.29, 0.717) is 22.8 Å².